The summed E-state index contributed by atoms with van der Waals surface area (Å²) < 4.78 is 26.0. The topological polar surface area (TPSA) is 86.9 Å². The highest BCUT2D eigenvalue weighted by Crippen LogP contribution is 2.20. The third-order valence-electron chi connectivity index (χ3n) is 2.79. The van der Waals surface area contributed by atoms with E-state index in [9.17, 15) is 8.42 Å². The van der Waals surface area contributed by atoms with Crippen molar-refractivity contribution in [3.05, 3.63) is 41.7 Å². The molecule has 0 aliphatic rings. The van der Waals surface area contributed by atoms with Crippen LogP contribution in [0.15, 0.2) is 35.4 Å². The zero-order chi connectivity index (χ0) is 13.9. The molecule has 0 radical (unpaired) electrons. The van der Waals surface area contributed by atoms with Crippen LogP contribution < -0.4 is 10.0 Å². The van der Waals surface area contributed by atoms with Crippen molar-refractivity contribution in [3.63, 3.8) is 0 Å². The van der Waals surface area contributed by atoms with Gasteiger partial charge in [0, 0.05) is 11.9 Å². The molecule has 0 atom stereocenters. The van der Waals surface area contributed by atoms with Gasteiger partial charge in [0.15, 0.2) is 0 Å². The molecule has 7 heteroatoms. The van der Waals surface area contributed by atoms with E-state index in [-0.39, 0.29) is 4.90 Å². The molecular weight excluding hydrogens is 264 g/mol. The van der Waals surface area contributed by atoms with Crippen LogP contribution in [0.4, 0.5) is 5.69 Å². The number of nitrogens with one attached hydrogen (secondary N) is 3. The minimum Gasteiger partial charge on any atom is -0.379 e. The summed E-state index contributed by atoms with van der Waals surface area (Å²) in [6.45, 7) is 2.32. The number of H-pyrrole nitrogens is 1. The fourth-order valence-corrected chi connectivity index (χ4v) is 2.68. The second-order valence-corrected chi connectivity index (χ2v) is 5.98. The molecule has 0 aliphatic heterocycles. The van der Waals surface area contributed by atoms with Crippen molar-refractivity contribution < 1.29 is 8.42 Å². The smallest absolute Gasteiger partial charge is 0.240 e. The third-order valence-corrected chi connectivity index (χ3v) is 4.34. The summed E-state index contributed by atoms with van der Waals surface area (Å²) in [6, 6.07) is 7.10. The van der Waals surface area contributed by atoms with Gasteiger partial charge in [-0.3, -0.25) is 5.10 Å². The van der Waals surface area contributed by atoms with Crippen LogP contribution in [-0.4, -0.2) is 25.7 Å². The first-order valence-corrected chi connectivity index (χ1v) is 7.27. The number of hydrogen-bond acceptors (Lipinski definition) is 4. The second kappa shape index (κ2) is 5.41. The molecule has 0 spiro atoms. The Morgan fingerprint density at radius 2 is 2.11 bits per heavy atom. The van der Waals surface area contributed by atoms with Gasteiger partial charge in [-0.1, -0.05) is 6.07 Å². The number of nitrogens with zero attached hydrogens (tertiary/aromatic N) is 1. The maximum absolute atomic E-state index is 11.9. The molecule has 1 heterocycles. The Hall–Kier alpha value is -1.86. The van der Waals surface area contributed by atoms with Crippen LogP contribution in [0.1, 0.15) is 11.3 Å². The van der Waals surface area contributed by atoms with Gasteiger partial charge in [-0.05, 0) is 37.7 Å². The molecule has 0 amide bonds. The molecule has 0 saturated carbocycles. The highest BCUT2D eigenvalue weighted by Gasteiger charge is 2.14. The summed E-state index contributed by atoms with van der Waals surface area (Å²) >= 11 is 0. The van der Waals surface area contributed by atoms with Gasteiger partial charge >= 0.3 is 0 Å². The molecule has 6 nitrogen and oxygen atoms in total. The first-order valence-electron chi connectivity index (χ1n) is 5.79. The van der Waals surface area contributed by atoms with Crippen molar-refractivity contribution >= 4 is 15.7 Å². The van der Waals surface area contributed by atoms with E-state index >= 15 is 0 Å². The zero-order valence-corrected chi connectivity index (χ0v) is 11.6. The standard InChI is InChI=1S/C12H16N4O2S/c1-9-3-4-10(7-12(9)19(17,18)13-2)14-8-11-5-6-15-16-11/h3-7,13-14H,8H2,1-2H3,(H,15,16). The summed E-state index contributed by atoms with van der Waals surface area (Å²) in [5, 5.41) is 9.83. The Morgan fingerprint density at radius 1 is 1.32 bits per heavy atom. The Kier molecular flexibility index (Phi) is 3.87. The van der Waals surface area contributed by atoms with Crippen molar-refractivity contribution in [2.24, 2.45) is 0 Å². The Bertz CT molecular complexity index is 650. The van der Waals surface area contributed by atoms with Crippen molar-refractivity contribution in [2.75, 3.05) is 12.4 Å². The predicted molar refractivity (Wildman–Crippen MR) is 73.3 cm³/mol. The van der Waals surface area contributed by atoms with Crippen molar-refractivity contribution in [3.8, 4) is 0 Å². The molecule has 2 aromatic rings. The summed E-state index contributed by atoms with van der Waals surface area (Å²) in [5.74, 6) is 0. The lowest BCUT2D eigenvalue weighted by Crippen LogP contribution is -2.19. The number of sulfonamides is 1. The van der Waals surface area contributed by atoms with Gasteiger partial charge in [-0.15, -0.1) is 0 Å². The molecule has 0 aliphatic carbocycles. The summed E-state index contributed by atoms with van der Waals surface area (Å²) in [6.07, 6.45) is 1.67. The van der Waals surface area contributed by atoms with Gasteiger partial charge in [0.2, 0.25) is 10.0 Å². The number of anilines is 1. The molecule has 0 saturated heterocycles. The molecule has 0 fully saturated rings. The van der Waals surface area contributed by atoms with Gasteiger partial charge in [-0.2, -0.15) is 5.10 Å². The van der Waals surface area contributed by atoms with Crippen LogP contribution in [0.3, 0.4) is 0 Å². The van der Waals surface area contributed by atoms with Crippen LogP contribution in [0.5, 0.6) is 0 Å². The summed E-state index contributed by atoms with van der Waals surface area (Å²) in [5.41, 5.74) is 2.38. The maximum atomic E-state index is 11.9. The molecule has 102 valence electrons. The average Bonchev–Trinajstić information content (AvgIpc) is 2.91. The fraction of sp³-hybridized carbons (Fsp3) is 0.250. The lowest BCUT2D eigenvalue weighted by atomic mass is 10.2. The first-order chi connectivity index (χ1) is 9.03. The molecule has 3 N–H and O–H groups in total. The molecule has 1 aromatic carbocycles. The van der Waals surface area contributed by atoms with Crippen LogP contribution in [0.25, 0.3) is 0 Å². The van der Waals surface area contributed by atoms with E-state index in [1.165, 1.54) is 7.05 Å². The maximum Gasteiger partial charge on any atom is 0.240 e. The molecule has 2 rings (SSSR count). The van der Waals surface area contributed by atoms with Crippen molar-refractivity contribution in [1.82, 2.24) is 14.9 Å². The van der Waals surface area contributed by atoms with E-state index in [2.05, 4.69) is 20.2 Å². The quantitative estimate of drug-likeness (QED) is 0.769. The molecular formula is C12H16N4O2S. The monoisotopic (exact) mass is 280 g/mol. The highest BCUT2D eigenvalue weighted by atomic mass is 32.2. The fourth-order valence-electron chi connectivity index (χ4n) is 1.69. The van der Waals surface area contributed by atoms with Crippen LogP contribution in [0, 0.1) is 6.92 Å². The Morgan fingerprint density at radius 3 is 2.74 bits per heavy atom. The molecule has 0 bridgehead atoms. The highest BCUT2D eigenvalue weighted by molar-refractivity contribution is 7.89. The van der Waals surface area contributed by atoms with Crippen molar-refractivity contribution in [1.29, 1.82) is 0 Å². The van der Waals surface area contributed by atoms with Crippen molar-refractivity contribution in [2.45, 2.75) is 18.4 Å². The van der Waals surface area contributed by atoms with Gasteiger partial charge in [0.25, 0.3) is 0 Å². The average molecular weight is 280 g/mol. The van der Waals surface area contributed by atoms with Gasteiger partial charge < -0.3 is 5.32 Å². The van der Waals surface area contributed by atoms with Gasteiger partial charge in [0.1, 0.15) is 0 Å². The summed E-state index contributed by atoms with van der Waals surface area (Å²) in [4.78, 5) is 0.282. The number of aromatic nitrogens is 2. The largest absolute Gasteiger partial charge is 0.379 e. The predicted octanol–water partition coefficient (Wildman–Crippen LogP) is 1.24. The number of rotatable bonds is 5. The van der Waals surface area contributed by atoms with Gasteiger partial charge in [0.05, 0.1) is 17.1 Å². The molecule has 0 unspecified atom stereocenters. The lowest BCUT2D eigenvalue weighted by molar-refractivity contribution is 0.587. The van der Waals surface area contributed by atoms with Crippen LogP contribution in [0.2, 0.25) is 0 Å². The SMILES string of the molecule is CNS(=O)(=O)c1cc(NCc2ccn[nH]2)ccc1C. The normalized spacial score (nSPS) is 11.5. The minimum atomic E-state index is -3.43. The van der Waals surface area contributed by atoms with Gasteiger partial charge in [-0.25, -0.2) is 13.1 Å². The van der Waals surface area contributed by atoms with E-state index in [0.29, 0.717) is 12.1 Å². The van der Waals surface area contributed by atoms with E-state index in [4.69, 9.17) is 0 Å². The number of hydrogen-bond donors (Lipinski definition) is 3. The Balaban J connectivity index is 2.21. The number of aryl methyl sites for hydroxylation is 1. The first kappa shape index (κ1) is 13.6. The van der Waals surface area contributed by atoms with Crippen LogP contribution in [-0.2, 0) is 16.6 Å². The van der Waals surface area contributed by atoms with E-state index < -0.39 is 10.0 Å². The summed E-state index contributed by atoms with van der Waals surface area (Å²) in [7, 11) is -2.03. The Labute approximate surface area is 112 Å². The number of aromatic amines is 1. The number of benzene rings is 1. The van der Waals surface area contributed by atoms with E-state index in [1.54, 1.807) is 25.3 Å². The third kappa shape index (κ3) is 3.12. The minimum absolute atomic E-state index is 0.282. The lowest BCUT2D eigenvalue weighted by Gasteiger charge is -2.10. The molecule has 1 aromatic heterocycles. The second-order valence-electron chi connectivity index (χ2n) is 4.12. The molecule has 19 heavy (non-hydrogen) atoms. The zero-order valence-electron chi connectivity index (χ0n) is 10.8. The van der Waals surface area contributed by atoms with E-state index in [1.807, 2.05) is 12.1 Å². The van der Waals surface area contributed by atoms with E-state index in [0.717, 1.165) is 11.4 Å². The van der Waals surface area contributed by atoms with Crippen LogP contribution >= 0.6 is 0 Å².